The summed E-state index contributed by atoms with van der Waals surface area (Å²) in [4.78, 5) is 15.2. The Kier molecular flexibility index (Phi) is 4.71. The van der Waals surface area contributed by atoms with Gasteiger partial charge >= 0.3 is 5.97 Å². The minimum Gasteiger partial charge on any atom is -0.496 e. The van der Waals surface area contributed by atoms with E-state index < -0.39 is 11.8 Å². The largest absolute Gasteiger partial charge is 0.496 e. The number of pyridine rings is 1. The Balaban J connectivity index is 2.43. The normalized spacial score (nSPS) is 10.0. The summed E-state index contributed by atoms with van der Waals surface area (Å²) in [5.41, 5.74) is 1.39. The summed E-state index contributed by atoms with van der Waals surface area (Å²) in [5.74, 6) is -0.436. The number of methoxy groups -OCH3 is 2. The molecule has 0 aliphatic carbocycles. The van der Waals surface area contributed by atoms with E-state index in [0.717, 1.165) is 0 Å². The van der Waals surface area contributed by atoms with Crippen molar-refractivity contribution >= 4 is 11.7 Å². The second kappa shape index (κ2) is 6.69. The Morgan fingerprint density at radius 1 is 1.33 bits per heavy atom. The molecule has 0 amide bonds. The lowest BCUT2D eigenvalue weighted by molar-refractivity contribution is -0.138. The summed E-state index contributed by atoms with van der Waals surface area (Å²) in [6, 6.07) is 6.24. The molecule has 6 heteroatoms. The number of hydrogen-bond donors (Lipinski definition) is 1. The van der Waals surface area contributed by atoms with Gasteiger partial charge in [-0.25, -0.2) is 4.39 Å². The zero-order valence-electron chi connectivity index (χ0n) is 11.7. The molecule has 2 aromatic rings. The molecule has 0 saturated heterocycles. The molecule has 0 unspecified atom stereocenters. The number of carbonyl (C=O) groups is 1. The quantitative estimate of drug-likeness (QED) is 0.857. The molecule has 0 spiro atoms. The fourth-order valence-electron chi connectivity index (χ4n) is 1.93. The lowest BCUT2D eigenvalue weighted by Crippen LogP contribution is -2.15. The Labute approximate surface area is 121 Å². The maximum atomic E-state index is 14.1. The fourth-order valence-corrected chi connectivity index (χ4v) is 1.93. The van der Waals surface area contributed by atoms with Crippen molar-refractivity contribution in [2.24, 2.45) is 0 Å². The Bertz CT molecular complexity index is 647. The summed E-state index contributed by atoms with van der Waals surface area (Å²) >= 11 is 0. The summed E-state index contributed by atoms with van der Waals surface area (Å²) in [7, 11) is 2.77. The van der Waals surface area contributed by atoms with Crippen molar-refractivity contribution in [1.29, 1.82) is 0 Å². The number of esters is 1. The van der Waals surface area contributed by atoms with Gasteiger partial charge in [0.05, 0.1) is 31.7 Å². The minimum atomic E-state index is -0.426. The highest BCUT2D eigenvalue weighted by Crippen LogP contribution is 2.36. The number of halogens is 1. The van der Waals surface area contributed by atoms with E-state index in [4.69, 9.17) is 4.74 Å². The Hall–Kier alpha value is -2.63. The number of aromatic nitrogens is 1. The van der Waals surface area contributed by atoms with Gasteiger partial charge in [-0.05, 0) is 18.2 Å². The highest BCUT2D eigenvalue weighted by molar-refractivity contribution is 5.84. The lowest BCUT2D eigenvalue weighted by atomic mass is 10.0. The SMILES string of the molecule is COC(=O)CNc1cnccc1-c1c(F)cccc1OC. The van der Waals surface area contributed by atoms with Crippen LogP contribution in [-0.4, -0.2) is 31.7 Å². The first-order valence-electron chi connectivity index (χ1n) is 6.25. The van der Waals surface area contributed by atoms with Crippen molar-refractivity contribution in [1.82, 2.24) is 4.98 Å². The third-order valence-electron chi connectivity index (χ3n) is 2.94. The van der Waals surface area contributed by atoms with E-state index in [0.29, 0.717) is 22.6 Å². The monoisotopic (exact) mass is 290 g/mol. The van der Waals surface area contributed by atoms with E-state index in [1.165, 1.54) is 26.5 Å². The maximum Gasteiger partial charge on any atom is 0.325 e. The van der Waals surface area contributed by atoms with E-state index in [1.807, 2.05) is 0 Å². The van der Waals surface area contributed by atoms with Gasteiger partial charge in [0.15, 0.2) is 0 Å². The molecule has 0 atom stereocenters. The smallest absolute Gasteiger partial charge is 0.325 e. The molecule has 0 radical (unpaired) electrons. The van der Waals surface area contributed by atoms with Gasteiger partial charge in [0.1, 0.15) is 18.1 Å². The van der Waals surface area contributed by atoms with Crippen LogP contribution in [0.15, 0.2) is 36.7 Å². The van der Waals surface area contributed by atoms with Gasteiger partial charge in [0.25, 0.3) is 0 Å². The van der Waals surface area contributed by atoms with Crippen LogP contribution in [0, 0.1) is 5.82 Å². The molecule has 1 heterocycles. The molecule has 1 aromatic heterocycles. The molecule has 0 bridgehead atoms. The molecule has 2 rings (SSSR count). The maximum absolute atomic E-state index is 14.1. The van der Waals surface area contributed by atoms with Crippen LogP contribution in [-0.2, 0) is 9.53 Å². The molecule has 5 nitrogen and oxygen atoms in total. The number of anilines is 1. The van der Waals surface area contributed by atoms with Crippen LogP contribution in [0.5, 0.6) is 5.75 Å². The van der Waals surface area contributed by atoms with Crippen molar-refractivity contribution < 1.29 is 18.7 Å². The standard InChI is InChI=1S/C15H15FN2O3/c1-20-13-5-3-4-11(16)15(13)10-6-7-17-8-12(10)18-9-14(19)21-2/h3-8,18H,9H2,1-2H3. The summed E-state index contributed by atoms with van der Waals surface area (Å²) < 4.78 is 23.9. The number of ether oxygens (including phenoxy) is 2. The third kappa shape index (κ3) is 3.28. The number of carbonyl (C=O) groups excluding carboxylic acids is 1. The minimum absolute atomic E-state index is 0.0358. The molecule has 1 N–H and O–H groups in total. The van der Waals surface area contributed by atoms with Crippen molar-refractivity contribution in [3.63, 3.8) is 0 Å². The summed E-state index contributed by atoms with van der Waals surface area (Å²) in [6.07, 6.45) is 3.06. The molecule has 1 aromatic carbocycles. The fraction of sp³-hybridized carbons (Fsp3) is 0.200. The Morgan fingerprint density at radius 3 is 2.86 bits per heavy atom. The van der Waals surface area contributed by atoms with Crippen LogP contribution < -0.4 is 10.1 Å². The van der Waals surface area contributed by atoms with Gasteiger partial charge in [0, 0.05) is 11.8 Å². The van der Waals surface area contributed by atoms with Gasteiger partial charge < -0.3 is 14.8 Å². The van der Waals surface area contributed by atoms with Crippen molar-refractivity contribution in [3.05, 3.63) is 42.5 Å². The number of nitrogens with zero attached hydrogens (tertiary/aromatic N) is 1. The first kappa shape index (κ1) is 14.8. The van der Waals surface area contributed by atoms with Gasteiger partial charge in [-0.2, -0.15) is 0 Å². The van der Waals surface area contributed by atoms with Crippen LogP contribution in [0.25, 0.3) is 11.1 Å². The van der Waals surface area contributed by atoms with Crippen LogP contribution in [0.4, 0.5) is 10.1 Å². The van der Waals surface area contributed by atoms with Crippen molar-refractivity contribution in [3.8, 4) is 16.9 Å². The molecule has 0 fully saturated rings. The van der Waals surface area contributed by atoms with E-state index in [1.54, 1.807) is 24.4 Å². The van der Waals surface area contributed by atoms with E-state index in [9.17, 15) is 9.18 Å². The van der Waals surface area contributed by atoms with Crippen molar-refractivity contribution in [2.75, 3.05) is 26.1 Å². The van der Waals surface area contributed by atoms with E-state index >= 15 is 0 Å². The van der Waals surface area contributed by atoms with Crippen LogP contribution in [0.1, 0.15) is 0 Å². The molecule has 0 aliphatic rings. The number of hydrogen-bond acceptors (Lipinski definition) is 5. The number of rotatable bonds is 5. The summed E-state index contributed by atoms with van der Waals surface area (Å²) in [5, 5.41) is 2.88. The molecule has 21 heavy (non-hydrogen) atoms. The highest BCUT2D eigenvalue weighted by atomic mass is 19.1. The predicted octanol–water partition coefficient (Wildman–Crippen LogP) is 2.48. The number of benzene rings is 1. The first-order chi connectivity index (χ1) is 10.2. The Morgan fingerprint density at radius 2 is 2.14 bits per heavy atom. The molecular weight excluding hydrogens is 275 g/mol. The average molecular weight is 290 g/mol. The molecule has 0 aliphatic heterocycles. The average Bonchev–Trinajstić information content (AvgIpc) is 2.52. The number of nitrogens with one attached hydrogen (secondary N) is 1. The van der Waals surface area contributed by atoms with Gasteiger partial charge in [-0.1, -0.05) is 6.07 Å². The predicted molar refractivity (Wildman–Crippen MR) is 76.7 cm³/mol. The highest BCUT2D eigenvalue weighted by Gasteiger charge is 2.15. The van der Waals surface area contributed by atoms with Gasteiger partial charge in [-0.15, -0.1) is 0 Å². The van der Waals surface area contributed by atoms with E-state index in [-0.39, 0.29) is 6.54 Å². The topological polar surface area (TPSA) is 60.5 Å². The zero-order chi connectivity index (χ0) is 15.2. The van der Waals surface area contributed by atoms with E-state index in [2.05, 4.69) is 15.0 Å². The third-order valence-corrected chi connectivity index (χ3v) is 2.94. The van der Waals surface area contributed by atoms with Gasteiger partial charge in [-0.3, -0.25) is 9.78 Å². The first-order valence-corrected chi connectivity index (χ1v) is 6.25. The second-order valence-electron chi connectivity index (χ2n) is 4.17. The van der Waals surface area contributed by atoms with Crippen LogP contribution in [0.3, 0.4) is 0 Å². The summed E-state index contributed by atoms with van der Waals surface area (Å²) in [6.45, 7) is -0.0358. The zero-order valence-corrected chi connectivity index (χ0v) is 11.7. The van der Waals surface area contributed by atoms with Crippen LogP contribution >= 0.6 is 0 Å². The molecule has 110 valence electrons. The lowest BCUT2D eigenvalue weighted by Gasteiger charge is -2.14. The molecule has 0 saturated carbocycles. The molecular formula is C15H15FN2O3. The van der Waals surface area contributed by atoms with Crippen LogP contribution in [0.2, 0.25) is 0 Å². The van der Waals surface area contributed by atoms with Gasteiger partial charge in [0.2, 0.25) is 0 Å². The second-order valence-corrected chi connectivity index (χ2v) is 4.17. The van der Waals surface area contributed by atoms with Crippen molar-refractivity contribution in [2.45, 2.75) is 0 Å².